The number of amides is 3. The Morgan fingerprint density at radius 2 is 1.88 bits per heavy atom. The van der Waals surface area contributed by atoms with Crippen molar-refractivity contribution in [2.45, 2.75) is 84.9 Å². The van der Waals surface area contributed by atoms with Gasteiger partial charge in [-0.1, -0.05) is 32.0 Å². The Kier molecular flexibility index (Phi) is 10.6. The highest BCUT2D eigenvalue weighted by Crippen LogP contribution is 2.34. The number of methoxy groups -OCH3 is 1. The molecule has 9 heteroatoms. The average Bonchev–Trinajstić information content (AvgIpc) is 3.71. The van der Waals surface area contributed by atoms with Crippen LogP contribution in [0.25, 0.3) is 10.9 Å². The van der Waals surface area contributed by atoms with E-state index < -0.39 is 11.7 Å². The van der Waals surface area contributed by atoms with Crippen molar-refractivity contribution in [1.29, 1.82) is 0 Å². The van der Waals surface area contributed by atoms with Gasteiger partial charge in [-0.25, -0.2) is 4.79 Å². The summed E-state index contributed by atoms with van der Waals surface area (Å²) in [6.07, 6.45) is 5.91. The minimum Gasteiger partial charge on any atom is -0.444 e. The first-order chi connectivity index (χ1) is 20.0. The maximum absolute atomic E-state index is 14.2. The molecule has 42 heavy (non-hydrogen) atoms. The van der Waals surface area contributed by atoms with Crippen molar-refractivity contribution in [3.8, 4) is 0 Å². The van der Waals surface area contributed by atoms with E-state index >= 15 is 0 Å². The van der Waals surface area contributed by atoms with Crippen LogP contribution in [-0.2, 0) is 20.8 Å². The lowest BCUT2D eigenvalue weighted by molar-refractivity contribution is -0.127. The first kappa shape index (κ1) is 31.9. The third-order valence-corrected chi connectivity index (χ3v) is 8.05. The number of hydrogen-bond acceptors (Lipinski definition) is 5. The molecule has 0 spiro atoms. The van der Waals surface area contributed by atoms with E-state index in [1.54, 1.807) is 12.0 Å². The predicted octanol–water partition coefficient (Wildman–Crippen LogP) is 5.56. The van der Waals surface area contributed by atoms with E-state index in [1.807, 2.05) is 50.1 Å². The monoisotopic (exact) mass is 584 g/mol. The van der Waals surface area contributed by atoms with Crippen LogP contribution in [0, 0.1) is 17.8 Å². The summed E-state index contributed by atoms with van der Waals surface area (Å²) in [7, 11) is 1.70. The van der Waals surface area contributed by atoms with E-state index in [2.05, 4.69) is 29.8 Å². The van der Waals surface area contributed by atoms with E-state index in [1.165, 1.54) is 0 Å². The Balaban J connectivity index is 0.00000506. The first-order valence-electron chi connectivity index (χ1n) is 15.6. The smallest absolute Gasteiger partial charge is 0.410 e. The standard InChI is InChI=1S/C33H50N4O5.H2/c1-23(2)14-15-34-30(38)25-18-24(19-36(21-25)32(40)42-33(3,4)5)20-37(26-12-13-26)31(39)28-22-35(16-9-17-41-6)29-11-8-7-10-27(28)29;/h7-8,10-11,22-26H,9,12-21H2,1-6H3,(H,34,38);1H/t24-,25+;/m1./s1. The topological polar surface area (TPSA) is 93.1 Å². The molecule has 1 aromatic heterocycles. The normalized spacial score (nSPS) is 19.3. The number of piperidine rings is 1. The van der Waals surface area contributed by atoms with E-state index in [-0.39, 0.29) is 31.1 Å². The second-order valence-electron chi connectivity index (χ2n) is 13.4. The Hall–Kier alpha value is -3.07. The van der Waals surface area contributed by atoms with E-state index in [9.17, 15) is 14.4 Å². The third kappa shape index (κ3) is 8.49. The number of nitrogens with zero attached hydrogens (tertiary/aromatic N) is 3. The van der Waals surface area contributed by atoms with Gasteiger partial charge in [0.2, 0.25) is 5.91 Å². The van der Waals surface area contributed by atoms with Crippen molar-refractivity contribution >= 4 is 28.8 Å². The molecule has 4 rings (SSSR count). The quantitative estimate of drug-likeness (QED) is 0.330. The molecule has 2 aromatic rings. The first-order valence-corrected chi connectivity index (χ1v) is 15.6. The fourth-order valence-electron chi connectivity index (χ4n) is 5.83. The minimum atomic E-state index is -0.632. The maximum Gasteiger partial charge on any atom is 0.410 e. The fourth-order valence-corrected chi connectivity index (χ4v) is 5.83. The molecule has 1 saturated heterocycles. The van der Waals surface area contributed by atoms with Gasteiger partial charge in [-0.05, 0) is 70.8 Å². The zero-order valence-electron chi connectivity index (χ0n) is 26.4. The summed E-state index contributed by atoms with van der Waals surface area (Å²) >= 11 is 0. The van der Waals surface area contributed by atoms with Crippen LogP contribution >= 0.6 is 0 Å². The lowest BCUT2D eigenvalue weighted by Gasteiger charge is -2.39. The Bertz CT molecular complexity index is 1240. The second kappa shape index (κ2) is 13.9. The number of aromatic nitrogens is 1. The highest BCUT2D eigenvalue weighted by Gasteiger charge is 2.40. The number of nitrogens with one attached hydrogen (secondary N) is 1. The van der Waals surface area contributed by atoms with Crippen molar-refractivity contribution in [2.24, 2.45) is 17.8 Å². The van der Waals surface area contributed by atoms with Gasteiger partial charge >= 0.3 is 6.09 Å². The Morgan fingerprint density at radius 1 is 1.14 bits per heavy atom. The van der Waals surface area contributed by atoms with Gasteiger partial charge in [-0.15, -0.1) is 0 Å². The van der Waals surface area contributed by atoms with Gasteiger partial charge in [0.25, 0.3) is 5.91 Å². The fraction of sp³-hybridized carbons (Fsp3) is 0.667. The van der Waals surface area contributed by atoms with E-state index in [0.29, 0.717) is 50.7 Å². The van der Waals surface area contributed by atoms with Gasteiger partial charge in [-0.2, -0.15) is 0 Å². The molecule has 3 amide bonds. The number of aryl methyl sites for hydroxylation is 1. The summed E-state index contributed by atoms with van der Waals surface area (Å²) in [5.41, 5.74) is 1.12. The van der Waals surface area contributed by atoms with Gasteiger partial charge in [-0.3, -0.25) is 9.59 Å². The van der Waals surface area contributed by atoms with Crippen molar-refractivity contribution < 1.29 is 25.3 Å². The van der Waals surface area contributed by atoms with Gasteiger partial charge in [0, 0.05) is 71.0 Å². The van der Waals surface area contributed by atoms with Crippen molar-refractivity contribution in [1.82, 2.24) is 19.7 Å². The molecule has 234 valence electrons. The molecule has 2 atom stereocenters. The van der Waals surface area contributed by atoms with Crippen LogP contribution in [0.2, 0.25) is 0 Å². The highest BCUT2D eigenvalue weighted by molar-refractivity contribution is 6.07. The number of rotatable bonds is 12. The number of carbonyl (C=O) groups excluding carboxylic acids is 3. The van der Waals surface area contributed by atoms with Crippen LogP contribution in [-0.4, -0.2) is 83.8 Å². The molecule has 2 heterocycles. The number of likely N-dealkylation sites (tertiary alicyclic amines) is 1. The molecule has 1 aliphatic carbocycles. The summed E-state index contributed by atoms with van der Waals surface area (Å²) in [5.74, 6) is 0.101. The van der Waals surface area contributed by atoms with E-state index in [4.69, 9.17) is 9.47 Å². The zero-order chi connectivity index (χ0) is 30.4. The molecule has 0 unspecified atom stereocenters. The number of carbonyl (C=O) groups is 3. The summed E-state index contributed by atoms with van der Waals surface area (Å²) in [6.45, 7) is 13.1. The Labute approximate surface area is 252 Å². The van der Waals surface area contributed by atoms with Crippen LogP contribution in [0.3, 0.4) is 0 Å². The van der Waals surface area contributed by atoms with Gasteiger partial charge in [0.1, 0.15) is 5.60 Å². The zero-order valence-corrected chi connectivity index (χ0v) is 26.4. The minimum absolute atomic E-state index is 0. The van der Waals surface area contributed by atoms with Crippen molar-refractivity contribution in [3.63, 3.8) is 0 Å². The number of benzene rings is 1. The van der Waals surface area contributed by atoms with Crippen LogP contribution in [0.5, 0.6) is 0 Å². The average molecular weight is 585 g/mol. The summed E-state index contributed by atoms with van der Waals surface area (Å²) < 4.78 is 13.1. The molecule has 1 aliphatic heterocycles. The molecule has 2 aliphatic rings. The highest BCUT2D eigenvalue weighted by atomic mass is 16.6. The molecule has 2 fully saturated rings. The van der Waals surface area contributed by atoms with Crippen molar-refractivity contribution in [3.05, 3.63) is 36.0 Å². The second-order valence-corrected chi connectivity index (χ2v) is 13.4. The summed E-state index contributed by atoms with van der Waals surface area (Å²) in [5, 5.41) is 4.03. The maximum atomic E-state index is 14.2. The number of para-hydroxylation sites is 1. The lowest BCUT2D eigenvalue weighted by atomic mass is 9.88. The molecular weight excluding hydrogens is 532 g/mol. The molecule has 1 N–H and O–H groups in total. The Morgan fingerprint density at radius 3 is 2.55 bits per heavy atom. The largest absolute Gasteiger partial charge is 0.444 e. The molecule has 9 nitrogen and oxygen atoms in total. The van der Waals surface area contributed by atoms with Crippen LogP contribution in [0.4, 0.5) is 4.79 Å². The summed E-state index contributed by atoms with van der Waals surface area (Å²) in [6, 6.07) is 8.23. The molecule has 0 bridgehead atoms. The van der Waals surface area contributed by atoms with Crippen LogP contribution in [0.15, 0.2) is 30.5 Å². The van der Waals surface area contributed by atoms with Gasteiger partial charge < -0.3 is 29.2 Å². The van der Waals surface area contributed by atoms with Gasteiger partial charge in [0.05, 0.1) is 11.5 Å². The lowest BCUT2D eigenvalue weighted by Crippen LogP contribution is -2.52. The third-order valence-electron chi connectivity index (χ3n) is 8.05. The number of hydrogen-bond donors (Lipinski definition) is 1. The predicted molar refractivity (Wildman–Crippen MR) is 166 cm³/mol. The van der Waals surface area contributed by atoms with Crippen LogP contribution < -0.4 is 5.32 Å². The summed E-state index contributed by atoms with van der Waals surface area (Å²) in [4.78, 5) is 44.2. The SMILES string of the molecule is COCCCn1cc(C(=O)N(C[C@@H]2C[C@H](C(=O)NCCC(C)C)CN(C(=O)OC(C)(C)C)C2)C2CC2)c2ccccc21.[HH]. The van der Waals surface area contributed by atoms with E-state index in [0.717, 1.165) is 43.1 Å². The van der Waals surface area contributed by atoms with Crippen LogP contribution in [0.1, 0.15) is 78.5 Å². The molecule has 1 aromatic carbocycles. The van der Waals surface area contributed by atoms with Gasteiger partial charge in [0.15, 0.2) is 0 Å². The molecule has 1 saturated carbocycles. The van der Waals surface area contributed by atoms with Crippen molar-refractivity contribution in [2.75, 3.05) is 39.9 Å². The molecular formula is C33H52N4O5. The number of fused-ring (bicyclic) bond motifs is 1. The molecule has 0 radical (unpaired) electrons. The number of ether oxygens (including phenoxy) is 2.